The van der Waals surface area contributed by atoms with Crippen LogP contribution in [0, 0.1) is 0 Å². The molecule has 7 nitrogen and oxygen atoms in total. The molecule has 3 N–H and O–H groups in total. The van der Waals surface area contributed by atoms with Gasteiger partial charge in [0, 0.05) is 5.56 Å². The smallest absolute Gasteiger partial charge is 0.387 e. The van der Waals surface area contributed by atoms with Crippen LogP contribution in [-0.4, -0.2) is 33.1 Å². The van der Waals surface area contributed by atoms with Crippen molar-refractivity contribution >= 4 is 17.7 Å². The predicted molar refractivity (Wildman–Crippen MR) is 130 cm³/mol. The molecule has 10 heteroatoms. The van der Waals surface area contributed by atoms with E-state index in [1.165, 1.54) is 16.8 Å². The highest BCUT2D eigenvalue weighted by atomic mass is 32.2. The number of thioether (sulfide) groups is 1. The van der Waals surface area contributed by atoms with Crippen molar-refractivity contribution in [1.29, 1.82) is 0 Å². The van der Waals surface area contributed by atoms with Crippen LogP contribution in [-0.2, 0) is 11.2 Å². The van der Waals surface area contributed by atoms with Gasteiger partial charge in [0.15, 0.2) is 5.82 Å². The molecule has 0 aliphatic heterocycles. The highest BCUT2D eigenvalue weighted by molar-refractivity contribution is 7.99. The first-order valence-electron chi connectivity index (χ1n) is 10.8. The van der Waals surface area contributed by atoms with Gasteiger partial charge in [-0.1, -0.05) is 72.4 Å². The summed E-state index contributed by atoms with van der Waals surface area (Å²) in [5.74, 6) is 6.41. The van der Waals surface area contributed by atoms with Crippen LogP contribution in [0.3, 0.4) is 0 Å². The Morgan fingerprint density at radius 1 is 0.971 bits per heavy atom. The van der Waals surface area contributed by atoms with Crippen LogP contribution < -0.4 is 15.9 Å². The number of halogens is 2. The van der Waals surface area contributed by atoms with E-state index >= 15 is 0 Å². The fourth-order valence-electron chi connectivity index (χ4n) is 3.51. The molecule has 4 aromatic rings. The van der Waals surface area contributed by atoms with E-state index in [9.17, 15) is 13.6 Å². The second-order valence-corrected chi connectivity index (χ2v) is 8.53. The molecule has 0 aliphatic carbocycles. The molecule has 0 aliphatic rings. The lowest BCUT2D eigenvalue weighted by atomic mass is 9.99. The van der Waals surface area contributed by atoms with Crippen LogP contribution >= 0.6 is 11.8 Å². The van der Waals surface area contributed by atoms with E-state index in [-0.39, 0.29) is 23.5 Å². The van der Waals surface area contributed by atoms with E-state index in [0.29, 0.717) is 23.0 Å². The van der Waals surface area contributed by atoms with Gasteiger partial charge in [-0.05, 0) is 41.8 Å². The Labute approximate surface area is 205 Å². The lowest BCUT2D eigenvalue weighted by Gasteiger charge is -2.19. The van der Waals surface area contributed by atoms with Crippen molar-refractivity contribution in [2.24, 2.45) is 0 Å². The summed E-state index contributed by atoms with van der Waals surface area (Å²) in [5, 5.41) is 11.6. The minimum atomic E-state index is -2.90. The van der Waals surface area contributed by atoms with Crippen molar-refractivity contribution in [3.8, 4) is 17.1 Å². The van der Waals surface area contributed by atoms with E-state index in [1.54, 1.807) is 12.1 Å². The Kier molecular flexibility index (Phi) is 7.94. The number of carbonyl (C=O) groups excluding carboxylic acids is 1. The molecule has 4 rings (SSSR count). The van der Waals surface area contributed by atoms with E-state index in [2.05, 4.69) is 20.3 Å². The van der Waals surface area contributed by atoms with Crippen molar-refractivity contribution in [2.45, 2.75) is 24.2 Å². The number of hydrogen-bond acceptors (Lipinski definition) is 6. The van der Waals surface area contributed by atoms with Gasteiger partial charge in [-0.25, -0.2) is 4.68 Å². The molecule has 0 spiro atoms. The Balaban J connectivity index is 1.40. The van der Waals surface area contributed by atoms with Gasteiger partial charge in [0.25, 0.3) is 0 Å². The highest BCUT2D eigenvalue weighted by Crippen LogP contribution is 2.25. The molecule has 3 aromatic carbocycles. The first-order valence-corrected chi connectivity index (χ1v) is 11.7. The van der Waals surface area contributed by atoms with E-state index in [4.69, 9.17) is 5.84 Å². The fourth-order valence-corrected chi connectivity index (χ4v) is 4.18. The molecule has 35 heavy (non-hydrogen) atoms. The maximum Gasteiger partial charge on any atom is 0.387 e. The number of nitrogens with zero attached hydrogens (tertiary/aromatic N) is 3. The van der Waals surface area contributed by atoms with Crippen molar-refractivity contribution < 1.29 is 18.3 Å². The maximum absolute atomic E-state index is 12.8. The molecule has 1 amide bonds. The van der Waals surface area contributed by atoms with Gasteiger partial charge in [0.2, 0.25) is 11.1 Å². The van der Waals surface area contributed by atoms with Gasteiger partial charge < -0.3 is 15.9 Å². The summed E-state index contributed by atoms with van der Waals surface area (Å²) in [7, 11) is 0. The van der Waals surface area contributed by atoms with E-state index < -0.39 is 6.61 Å². The van der Waals surface area contributed by atoms with Crippen molar-refractivity contribution in [3.05, 3.63) is 96.1 Å². The number of rotatable bonds is 10. The number of carbonyl (C=O) groups is 1. The standard InChI is InChI=1S/C25H23F2N5O2S/c26-24(27)34-20-13-11-19(12-14-20)23-30-31-25(32(23)28)35-16-22(33)29-21(18-9-5-2-6-10-18)15-17-7-3-1-4-8-17/h1-14,21,24H,15-16,28H2,(H,29,33). The highest BCUT2D eigenvalue weighted by Gasteiger charge is 2.18. The van der Waals surface area contributed by atoms with Crippen LogP contribution in [0.2, 0.25) is 0 Å². The number of aromatic nitrogens is 3. The predicted octanol–water partition coefficient (Wildman–Crippen LogP) is 4.45. The second-order valence-electron chi connectivity index (χ2n) is 7.59. The molecule has 1 heterocycles. The molecule has 0 saturated carbocycles. The van der Waals surface area contributed by atoms with Crippen LogP contribution in [0.4, 0.5) is 8.78 Å². The third kappa shape index (κ3) is 6.57. The summed E-state index contributed by atoms with van der Waals surface area (Å²) in [6, 6.07) is 25.5. The zero-order valence-corrected chi connectivity index (χ0v) is 19.4. The molecule has 0 bridgehead atoms. The molecule has 1 atom stereocenters. The number of nitrogen functional groups attached to an aromatic ring is 1. The number of hydrogen-bond donors (Lipinski definition) is 2. The van der Waals surface area contributed by atoms with Gasteiger partial charge >= 0.3 is 6.61 Å². The Morgan fingerprint density at radius 3 is 2.29 bits per heavy atom. The quantitative estimate of drug-likeness (QED) is 0.249. The minimum absolute atomic E-state index is 0.0292. The first-order chi connectivity index (χ1) is 17.0. The fraction of sp³-hybridized carbons (Fsp3) is 0.160. The molecular formula is C25H23F2N5O2S. The molecule has 0 fully saturated rings. The molecule has 1 aromatic heterocycles. The third-order valence-electron chi connectivity index (χ3n) is 5.15. The average molecular weight is 496 g/mol. The van der Waals surface area contributed by atoms with Gasteiger partial charge in [-0.3, -0.25) is 4.79 Å². The first kappa shape index (κ1) is 24.2. The summed E-state index contributed by atoms with van der Waals surface area (Å²) in [4.78, 5) is 12.8. The second kappa shape index (κ2) is 11.5. The Morgan fingerprint density at radius 2 is 1.63 bits per heavy atom. The number of nitrogens with two attached hydrogens (primary N) is 1. The summed E-state index contributed by atoms with van der Waals surface area (Å²) >= 11 is 1.15. The van der Waals surface area contributed by atoms with Crippen molar-refractivity contribution in [2.75, 3.05) is 11.6 Å². The van der Waals surface area contributed by atoms with Gasteiger partial charge in [0.05, 0.1) is 11.8 Å². The Bertz CT molecular complexity index is 1240. The molecule has 180 valence electrons. The third-order valence-corrected chi connectivity index (χ3v) is 6.10. The van der Waals surface area contributed by atoms with Gasteiger partial charge in [-0.2, -0.15) is 8.78 Å². The number of nitrogens with one attached hydrogen (secondary N) is 1. The summed E-state index contributed by atoms with van der Waals surface area (Å²) in [6.07, 6.45) is 0.656. The summed E-state index contributed by atoms with van der Waals surface area (Å²) in [6.45, 7) is -2.90. The lowest BCUT2D eigenvalue weighted by molar-refractivity contribution is -0.119. The van der Waals surface area contributed by atoms with Gasteiger partial charge in [-0.15, -0.1) is 10.2 Å². The monoisotopic (exact) mass is 495 g/mol. The molecular weight excluding hydrogens is 472 g/mol. The number of amides is 1. The number of benzene rings is 3. The topological polar surface area (TPSA) is 95.1 Å². The normalized spacial score (nSPS) is 11.9. The van der Waals surface area contributed by atoms with Crippen LogP contribution in [0.1, 0.15) is 17.2 Å². The van der Waals surface area contributed by atoms with E-state index in [1.807, 2.05) is 60.7 Å². The Hall–Kier alpha value is -3.92. The largest absolute Gasteiger partial charge is 0.435 e. The van der Waals surface area contributed by atoms with Crippen LogP contribution in [0.15, 0.2) is 90.1 Å². The van der Waals surface area contributed by atoms with Crippen molar-refractivity contribution in [3.63, 3.8) is 0 Å². The minimum Gasteiger partial charge on any atom is -0.435 e. The molecule has 0 saturated heterocycles. The average Bonchev–Trinajstić information content (AvgIpc) is 3.24. The van der Waals surface area contributed by atoms with Crippen LogP contribution in [0.5, 0.6) is 5.75 Å². The summed E-state index contributed by atoms with van der Waals surface area (Å²) < 4.78 is 30.3. The maximum atomic E-state index is 12.8. The van der Waals surface area contributed by atoms with E-state index in [0.717, 1.165) is 22.9 Å². The zero-order chi connectivity index (χ0) is 24.6. The van der Waals surface area contributed by atoms with Crippen LogP contribution in [0.25, 0.3) is 11.4 Å². The molecule has 1 unspecified atom stereocenters. The SMILES string of the molecule is Nn1c(SCC(=O)NC(Cc2ccccc2)c2ccccc2)nnc1-c1ccc(OC(F)F)cc1. The van der Waals surface area contributed by atoms with Crippen molar-refractivity contribution in [1.82, 2.24) is 20.2 Å². The zero-order valence-electron chi connectivity index (χ0n) is 18.6. The summed E-state index contributed by atoms with van der Waals surface area (Å²) in [5.41, 5.74) is 2.70. The molecule has 0 radical (unpaired) electrons. The van der Waals surface area contributed by atoms with Gasteiger partial charge in [0.1, 0.15) is 5.75 Å². The number of alkyl halides is 2. The number of ether oxygens (including phenoxy) is 1. The lowest BCUT2D eigenvalue weighted by Crippen LogP contribution is -2.31.